The number of hydrogen-bond acceptors (Lipinski definition) is 3. The Hall–Kier alpha value is -0.580. The van der Waals surface area contributed by atoms with Crippen LogP contribution < -0.4 is 10.0 Å². The Balaban J connectivity index is 0.00000484. The molecule has 0 atom stereocenters. The van der Waals surface area contributed by atoms with Crippen LogP contribution >= 0.6 is 35.6 Å². The highest BCUT2D eigenvalue weighted by atomic mass is 127. The van der Waals surface area contributed by atoms with Crippen molar-refractivity contribution in [3.05, 3.63) is 34.9 Å². The summed E-state index contributed by atoms with van der Waals surface area (Å²) in [4.78, 5) is 6.11. The lowest BCUT2D eigenvalue weighted by Gasteiger charge is -2.22. The molecule has 0 spiro atoms. The Bertz CT molecular complexity index is 611. The zero-order valence-corrected chi connectivity index (χ0v) is 17.4. The van der Waals surface area contributed by atoms with E-state index in [1.807, 2.05) is 36.2 Å². The summed E-state index contributed by atoms with van der Waals surface area (Å²) >= 11 is 6.15. The van der Waals surface area contributed by atoms with Crippen LogP contribution in [0.2, 0.25) is 5.02 Å². The summed E-state index contributed by atoms with van der Waals surface area (Å²) in [6, 6.07) is 7.63. The zero-order valence-electron chi connectivity index (χ0n) is 13.5. The molecular formula is C14H24ClIN4O2S. The van der Waals surface area contributed by atoms with Gasteiger partial charge >= 0.3 is 0 Å². The second-order valence-electron chi connectivity index (χ2n) is 4.72. The van der Waals surface area contributed by atoms with E-state index in [1.165, 1.54) is 0 Å². The molecule has 0 bridgehead atoms. The van der Waals surface area contributed by atoms with Crippen LogP contribution in [0.1, 0.15) is 12.5 Å². The van der Waals surface area contributed by atoms with E-state index >= 15 is 0 Å². The summed E-state index contributed by atoms with van der Waals surface area (Å²) in [5, 5.41) is 3.82. The summed E-state index contributed by atoms with van der Waals surface area (Å²) in [5.41, 5.74) is 1.00. The fraction of sp³-hybridized carbons (Fsp3) is 0.500. The smallest absolute Gasteiger partial charge is 0.211 e. The summed E-state index contributed by atoms with van der Waals surface area (Å²) in [6.45, 7) is 2.99. The first-order valence-electron chi connectivity index (χ1n) is 7.02. The van der Waals surface area contributed by atoms with Gasteiger partial charge in [-0.3, -0.25) is 4.99 Å². The summed E-state index contributed by atoms with van der Waals surface area (Å²) < 4.78 is 25.2. The van der Waals surface area contributed by atoms with Crippen molar-refractivity contribution in [3.63, 3.8) is 0 Å². The van der Waals surface area contributed by atoms with E-state index in [-0.39, 0.29) is 29.7 Å². The van der Waals surface area contributed by atoms with Crippen LogP contribution in [0.5, 0.6) is 0 Å². The zero-order chi connectivity index (χ0) is 16.6. The first-order valence-corrected chi connectivity index (χ1v) is 9.05. The number of guanidine groups is 1. The molecule has 1 rings (SSSR count). The topological polar surface area (TPSA) is 73.8 Å². The van der Waals surface area contributed by atoms with E-state index in [9.17, 15) is 8.42 Å². The van der Waals surface area contributed by atoms with Gasteiger partial charge < -0.3 is 10.2 Å². The molecule has 0 heterocycles. The number of halogens is 2. The molecule has 0 unspecified atom stereocenters. The molecule has 0 fully saturated rings. The van der Waals surface area contributed by atoms with Crippen LogP contribution in [0.25, 0.3) is 0 Å². The van der Waals surface area contributed by atoms with E-state index in [1.54, 1.807) is 14.0 Å². The van der Waals surface area contributed by atoms with Crippen LogP contribution in [0.4, 0.5) is 0 Å². The van der Waals surface area contributed by atoms with Crippen molar-refractivity contribution in [1.29, 1.82) is 0 Å². The van der Waals surface area contributed by atoms with Gasteiger partial charge in [-0.05, 0) is 18.6 Å². The van der Waals surface area contributed by atoms with Gasteiger partial charge in [0, 0.05) is 38.8 Å². The molecule has 0 aromatic heterocycles. The number of sulfonamides is 1. The summed E-state index contributed by atoms with van der Waals surface area (Å²) in [7, 11) is 0.420. The van der Waals surface area contributed by atoms with E-state index in [0.29, 0.717) is 30.6 Å². The molecule has 132 valence electrons. The molecule has 23 heavy (non-hydrogen) atoms. The number of nitrogens with one attached hydrogen (secondary N) is 2. The van der Waals surface area contributed by atoms with E-state index in [0.717, 1.165) is 5.56 Å². The van der Waals surface area contributed by atoms with Gasteiger partial charge in [0.15, 0.2) is 5.96 Å². The number of rotatable bonds is 7. The van der Waals surface area contributed by atoms with Gasteiger partial charge in [0.05, 0.1) is 5.75 Å². The van der Waals surface area contributed by atoms with E-state index in [2.05, 4.69) is 15.0 Å². The lowest BCUT2D eigenvalue weighted by atomic mass is 10.2. The Morgan fingerprint density at radius 2 is 1.96 bits per heavy atom. The fourth-order valence-corrected chi connectivity index (χ4v) is 2.64. The number of nitrogens with zero attached hydrogens (tertiary/aromatic N) is 2. The first kappa shape index (κ1) is 22.4. The number of benzene rings is 1. The lowest BCUT2D eigenvalue weighted by Crippen LogP contribution is -2.42. The molecule has 1 aromatic rings. The molecule has 0 amide bonds. The minimum Gasteiger partial charge on any atom is -0.355 e. The predicted molar refractivity (Wildman–Crippen MR) is 107 cm³/mol. The quantitative estimate of drug-likeness (QED) is 0.274. The van der Waals surface area contributed by atoms with Gasteiger partial charge in [0.1, 0.15) is 0 Å². The minimum absolute atomic E-state index is 0. The third-order valence-corrected chi connectivity index (χ3v) is 4.82. The third kappa shape index (κ3) is 8.18. The Kier molecular flexibility index (Phi) is 10.8. The van der Waals surface area contributed by atoms with Gasteiger partial charge in [-0.1, -0.05) is 29.8 Å². The molecule has 0 aliphatic rings. The summed E-state index contributed by atoms with van der Waals surface area (Å²) in [6.07, 6.45) is 0. The van der Waals surface area contributed by atoms with Crippen molar-refractivity contribution >= 4 is 51.6 Å². The molecule has 2 N–H and O–H groups in total. The van der Waals surface area contributed by atoms with Gasteiger partial charge in [-0.2, -0.15) is 0 Å². The molecule has 9 heteroatoms. The standard InChI is InChI=1S/C14H23ClN4O2S.HI/c1-4-22(20,21)18-10-9-17-14(16-2)19(3)11-12-7-5-6-8-13(12)15;/h5-8,18H,4,9-11H2,1-3H3,(H,16,17);1H. The van der Waals surface area contributed by atoms with E-state index in [4.69, 9.17) is 11.6 Å². The average Bonchev–Trinajstić information content (AvgIpc) is 2.49. The number of aliphatic imine (C=N–C) groups is 1. The fourth-order valence-electron chi connectivity index (χ4n) is 1.82. The Morgan fingerprint density at radius 3 is 2.52 bits per heavy atom. The molecule has 0 saturated heterocycles. The minimum atomic E-state index is -3.16. The van der Waals surface area contributed by atoms with Gasteiger partial charge in [0.2, 0.25) is 10.0 Å². The number of hydrogen-bond donors (Lipinski definition) is 2. The average molecular weight is 475 g/mol. The van der Waals surface area contributed by atoms with Crippen molar-refractivity contribution in [2.75, 3.05) is 32.9 Å². The normalized spacial score (nSPS) is 11.7. The summed E-state index contributed by atoms with van der Waals surface area (Å²) in [5.74, 6) is 0.754. The molecule has 0 radical (unpaired) electrons. The maximum Gasteiger partial charge on any atom is 0.211 e. The highest BCUT2D eigenvalue weighted by molar-refractivity contribution is 14.0. The van der Waals surface area contributed by atoms with Crippen LogP contribution in [-0.2, 0) is 16.6 Å². The maximum absolute atomic E-state index is 11.3. The molecule has 1 aromatic carbocycles. The van der Waals surface area contributed by atoms with Crippen molar-refractivity contribution in [2.45, 2.75) is 13.5 Å². The maximum atomic E-state index is 11.3. The Labute approximate surface area is 160 Å². The molecule has 0 aliphatic heterocycles. The molecule has 0 saturated carbocycles. The van der Waals surface area contributed by atoms with Crippen LogP contribution in [0.3, 0.4) is 0 Å². The van der Waals surface area contributed by atoms with Crippen LogP contribution in [0, 0.1) is 0 Å². The second kappa shape index (κ2) is 11.1. The van der Waals surface area contributed by atoms with Crippen LogP contribution in [-0.4, -0.2) is 52.2 Å². The first-order chi connectivity index (χ1) is 10.4. The predicted octanol–water partition coefficient (Wildman–Crippen LogP) is 1.90. The van der Waals surface area contributed by atoms with Gasteiger partial charge in [-0.15, -0.1) is 24.0 Å². The lowest BCUT2D eigenvalue weighted by molar-refractivity contribution is 0.477. The SMILES string of the molecule is CCS(=O)(=O)NCCNC(=NC)N(C)Cc1ccccc1Cl.I. The highest BCUT2D eigenvalue weighted by Gasteiger charge is 2.09. The van der Waals surface area contributed by atoms with Crippen molar-refractivity contribution < 1.29 is 8.42 Å². The largest absolute Gasteiger partial charge is 0.355 e. The van der Waals surface area contributed by atoms with Crippen molar-refractivity contribution in [1.82, 2.24) is 14.9 Å². The van der Waals surface area contributed by atoms with Crippen molar-refractivity contribution in [3.8, 4) is 0 Å². The van der Waals surface area contributed by atoms with Gasteiger partial charge in [0.25, 0.3) is 0 Å². The van der Waals surface area contributed by atoms with Crippen molar-refractivity contribution in [2.24, 2.45) is 4.99 Å². The van der Waals surface area contributed by atoms with Crippen LogP contribution in [0.15, 0.2) is 29.3 Å². The molecule has 0 aliphatic carbocycles. The highest BCUT2D eigenvalue weighted by Crippen LogP contribution is 2.16. The molecular weight excluding hydrogens is 451 g/mol. The third-order valence-electron chi connectivity index (χ3n) is 3.05. The van der Waals surface area contributed by atoms with Gasteiger partial charge in [-0.25, -0.2) is 13.1 Å². The monoisotopic (exact) mass is 474 g/mol. The van der Waals surface area contributed by atoms with E-state index < -0.39 is 10.0 Å². The second-order valence-corrected chi connectivity index (χ2v) is 7.22. The molecule has 6 nitrogen and oxygen atoms in total. The Morgan fingerprint density at radius 1 is 1.30 bits per heavy atom.